The van der Waals surface area contributed by atoms with Crippen LogP contribution in [0.2, 0.25) is 0 Å². The van der Waals surface area contributed by atoms with Gasteiger partial charge in [0.1, 0.15) is 11.7 Å². The molecule has 0 saturated carbocycles. The van der Waals surface area contributed by atoms with E-state index in [1.54, 1.807) is 48.5 Å². The summed E-state index contributed by atoms with van der Waals surface area (Å²) >= 11 is 0. The molecule has 1 amide bonds. The molecule has 1 saturated heterocycles. The van der Waals surface area contributed by atoms with Crippen LogP contribution < -0.4 is 4.74 Å². The summed E-state index contributed by atoms with van der Waals surface area (Å²) in [6.45, 7) is 0.228. The molecule has 0 bridgehead atoms. The first-order chi connectivity index (χ1) is 18.4. The molecular formula is C30H26N2O6. The molecule has 0 aliphatic carbocycles. The van der Waals surface area contributed by atoms with E-state index in [0.29, 0.717) is 23.3 Å². The third-order valence-corrected chi connectivity index (χ3v) is 7.03. The van der Waals surface area contributed by atoms with Crippen molar-refractivity contribution < 1.29 is 28.7 Å². The van der Waals surface area contributed by atoms with E-state index in [4.69, 9.17) is 9.47 Å². The van der Waals surface area contributed by atoms with Crippen molar-refractivity contribution in [3.05, 3.63) is 101 Å². The van der Waals surface area contributed by atoms with Crippen molar-refractivity contribution in [2.45, 2.75) is 12.5 Å². The average Bonchev–Trinajstić information content (AvgIpc) is 3.49. The van der Waals surface area contributed by atoms with Crippen molar-refractivity contribution in [2.75, 3.05) is 20.8 Å². The van der Waals surface area contributed by atoms with Gasteiger partial charge in [-0.25, -0.2) is 4.79 Å². The first-order valence-corrected chi connectivity index (χ1v) is 12.2. The number of carbonyl (C=O) groups is 4. The number of fused-ring (bicyclic) bond motifs is 1. The van der Waals surface area contributed by atoms with Crippen LogP contribution in [0.4, 0.5) is 0 Å². The highest BCUT2D eigenvalue weighted by molar-refractivity contribution is 6.44. The second kappa shape index (κ2) is 10.3. The third-order valence-electron chi connectivity index (χ3n) is 7.03. The third kappa shape index (κ3) is 4.34. The van der Waals surface area contributed by atoms with Gasteiger partial charge >= 0.3 is 5.97 Å². The van der Waals surface area contributed by atoms with E-state index >= 15 is 0 Å². The summed E-state index contributed by atoms with van der Waals surface area (Å²) in [6, 6.07) is 20.1. The second-order valence-corrected chi connectivity index (χ2v) is 9.07. The van der Waals surface area contributed by atoms with E-state index < -0.39 is 35.4 Å². The first-order valence-electron chi connectivity index (χ1n) is 12.2. The van der Waals surface area contributed by atoms with Crippen molar-refractivity contribution in [1.82, 2.24) is 9.88 Å². The number of nitrogens with one attached hydrogen (secondary N) is 1. The van der Waals surface area contributed by atoms with Crippen LogP contribution in [0.25, 0.3) is 10.9 Å². The fourth-order valence-corrected chi connectivity index (χ4v) is 5.13. The van der Waals surface area contributed by atoms with Gasteiger partial charge in [0.05, 0.1) is 31.4 Å². The molecule has 192 valence electrons. The lowest BCUT2D eigenvalue weighted by molar-refractivity contribution is -0.140. The van der Waals surface area contributed by atoms with Gasteiger partial charge in [0.15, 0.2) is 5.78 Å². The van der Waals surface area contributed by atoms with Crippen LogP contribution in [0, 0.1) is 5.92 Å². The van der Waals surface area contributed by atoms with Crippen molar-refractivity contribution in [1.29, 1.82) is 0 Å². The fourth-order valence-electron chi connectivity index (χ4n) is 5.13. The van der Waals surface area contributed by atoms with Crippen LogP contribution >= 0.6 is 0 Å². The summed E-state index contributed by atoms with van der Waals surface area (Å²) in [5.74, 6) is -3.40. The van der Waals surface area contributed by atoms with Gasteiger partial charge in [0.2, 0.25) is 5.78 Å². The van der Waals surface area contributed by atoms with Crippen LogP contribution in [0.3, 0.4) is 0 Å². The fraction of sp³-hybridized carbons (Fsp3) is 0.200. The lowest BCUT2D eigenvalue weighted by Crippen LogP contribution is -2.32. The predicted octanol–water partition coefficient (Wildman–Crippen LogP) is 4.16. The Balaban J connectivity index is 1.53. The number of hydrogen-bond acceptors (Lipinski definition) is 6. The highest BCUT2D eigenvalue weighted by Crippen LogP contribution is 2.39. The quantitative estimate of drug-likeness (QED) is 0.165. The highest BCUT2D eigenvalue weighted by atomic mass is 16.5. The molecule has 3 aromatic carbocycles. The zero-order valence-corrected chi connectivity index (χ0v) is 21.0. The molecule has 38 heavy (non-hydrogen) atoms. The van der Waals surface area contributed by atoms with E-state index in [0.717, 1.165) is 16.5 Å². The molecule has 2 heterocycles. The zero-order chi connectivity index (χ0) is 26.8. The SMILES string of the molecule is COC(=O)c1ccc(C2C(C(=O)c3ccccc3OC)C(=O)C(=O)N2CCc2c[nH]c3ccccc23)cc1. The Morgan fingerprint density at radius 3 is 2.37 bits per heavy atom. The summed E-state index contributed by atoms with van der Waals surface area (Å²) < 4.78 is 10.1. The molecule has 1 fully saturated rings. The maximum Gasteiger partial charge on any atom is 0.337 e. The topological polar surface area (TPSA) is 106 Å². The number of para-hydroxylation sites is 2. The molecule has 5 rings (SSSR count). The lowest BCUT2D eigenvalue weighted by atomic mass is 9.85. The standard InChI is InChI=1S/C30H26N2O6/c1-37-24-10-6-4-8-22(24)27(33)25-26(18-11-13-19(14-12-18)30(36)38-2)32(29(35)28(25)34)16-15-20-17-31-23-9-5-3-7-21(20)23/h3-14,17,25-26,31H,15-16H2,1-2H3. The number of carbonyl (C=O) groups excluding carboxylic acids is 4. The number of ketones is 2. The minimum atomic E-state index is -1.26. The van der Waals surface area contributed by atoms with Crippen LogP contribution in [0.5, 0.6) is 5.75 Å². The Morgan fingerprint density at radius 2 is 1.63 bits per heavy atom. The van der Waals surface area contributed by atoms with Gasteiger partial charge in [-0.05, 0) is 47.9 Å². The van der Waals surface area contributed by atoms with E-state index in [1.165, 1.54) is 19.1 Å². The summed E-state index contributed by atoms with van der Waals surface area (Å²) in [5.41, 5.74) is 3.11. The zero-order valence-electron chi connectivity index (χ0n) is 21.0. The van der Waals surface area contributed by atoms with Crippen molar-refractivity contribution in [3.8, 4) is 5.75 Å². The largest absolute Gasteiger partial charge is 0.496 e. The van der Waals surface area contributed by atoms with Gasteiger partial charge < -0.3 is 19.4 Å². The number of esters is 1. The normalized spacial score (nSPS) is 17.2. The number of aromatic nitrogens is 1. The molecule has 1 aliphatic heterocycles. The summed E-state index contributed by atoms with van der Waals surface area (Å²) in [6.07, 6.45) is 2.38. The monoisotopic (exact) mass is 510 g/mol. The molecule has 1 aliphatic rings. The summed E-state index contributed by atoms with van der Waals surface area (Å²) in [4.78, 5) is 57.2. The average molecular weight is 511 g/mol. The number of ether oxygens (including phenoxy) is 2. The summed E-state index contributed by atoms with van der Waals surface area (Å²) in [5, 5.41) is 1.03. The molecular weight excluding hydrogens is 484 g/mol. The van der Waals surface area contributed by atoms with E-state index in [1.807, 2.05) is 30.5 Å². The van der Waals surface area contributed by atoms with E-state index in [2.05, 4.69) is 4.98 Å². The van der Waals surface area contributed by atoms with Crippen LogP contribution in [-0.4, -0.2) is 54.1 Å². The Bertz CT molecular complexity index is 1540. The number of likely N-dealkylation sites (tertiary alicyclic amines) is 1. The van der Waals surface area contributed by atoms with Crippen molar-refractivity contribution in [3.63, 3.8) is 0 Å². The number of nitrogens with zero attached hydrogens (tertiary/aromatic N) is 1. The molecule has 2 atom stereocenters. The number of H-pyrrole nitrogens is 1. The number of hydrogen-bond donors (Lipinski definition) is 1. The first kappa shape index (κ1) is 25.0. The van der Waals surface area contributed by atoms with E-state index in [9.17, 15) is 19.2 Å². The van der Waals surface area contributed by atoms with E-state index in [-0.39, 0.29) is 12.1 Å². The van der Waals surface area contributed by atoms with Crippen molar-refractivity contribution >= 4 is 34.3 Å². The number of benzene rings is 3. The number of aromatic amines is 1. The Kier molecular flexibility index (Phi) is 6.79. The second-order valence-electron chi connectivity index (χ2n) is 9.07. The lowest BCUT2D eigenvalue weighted by Gasteiger charge is -2.27. The minimum absolute atomic E-state index is 0.228. The molecule has 2 unspecified atom stereocenters. The molecule has 8 nitrogen and oxygen atoms in total. The molecule has 1 aromatic heterocycles. The number of Topliss-reactive ketones (excluding diaryl/α,β-unsaturated/α-hetero) is 2. The molecule has 1 N–H and O–H groups in total. The molecule has 0 spiro atoms. The maximum absolute atomic E-state index is 13.8. The number of amides is 1. The maximum atomic E-state index is 13.8. The summed E-state index contributed by atoms with van der Waals surface area (Å²) in [7, 11) is 2.74. The Morgan fingerprint density at radius 1 is 0.921 bits per heavy atom. The minimum Gasteiger partial charge on any atom is -0.496 e. The highest BCUT2D eigenvalue weighted by Gasteiger charge is 2.51. The molecule has 0 radical (unpaired) electrons. The number of rotatable bonds is 8. The Hall–Kier alpha value is -4.72. The number of methoxy groups -OCH3 is 2. The molecule has 8 heteroatoms. The molecule has 4 aromatic rings. The van der Waals surface area contributed by atoms with Crippen LogP contribution in [0.1, 0.15) is 37.9 Å². The van der Waals surface area contributed by atoms with Gasteiger partial charge in [0.25, 0.3) is 5.91 Å². The van der Waals surface area contributed by atoms with Crippen molar-refractivity contribution in [2.24, 2.45) is 5.92 Å². The van der Waals surface area contributed by atoms with Gasteiger partial charge in [-0.1, -0.05) is 42.5 Å². The van der Waals surface area contributed by atoms with Crippen LogP contribution in [-0.2, 0) is 20.7 Å². The Labute approximate surface area is 219 Å². The van der Waals surface area contributed by atoms with Gasteiger partial charge in [0, 0.05) is 23.6 Å². The smallest absolute Gasteiger partial charge is 0.337 e. The van der Waals surface area contributed by atoms with Gasteiger partial charge in [-0.2, -0.15) is 0 Å². The van der Waals surface area contributed by atoms with Gasteiger partial charge in [-0.3, -0.25) is 14.4 Å². The van der Waals surface area contributed by atoms with Gasteiger partial charge in [-0.15, -0.1) is 0 Å². The van der Waals surface area contributed by atoms with Crippen LogP contribution in [0.15, 0.2) is 79.0 Å². The predicted molar refractivity (Wildman–Crippen MR) is 140 cm³/mol.